The molecular formula is C60H107NO7. The van der Waals surface area contributed by atoms with Crippen LogP contribution in [-0.4, -0.2) is 75.5 Å². The number of esters is 2. The molecule has 68 heavy (non-hydrogen) atoms. The SMILES string of the molecule is CC/C=C/C/C=C/C/C=C/CCCCCCCCCCCCCC(=O)OCC(COCCC(C(=O)[O-])[N+](C)(C)C)OC(=O)CCCCCCCCC/C=C/C/C=C/CCCCCCCCCCC. The van der Waals surface area contributed by atoms with Gasteiger partial charge < -0.3 is 28.6 Å². The topological polar surface area (TPSA) is 102 Å². The Bertz CT molecular complexity index is 1290. The number of likely N-dealkylation sites (N-methyl/N-ethyl adjacent to an activating group) is 1. The van der Waals surface area contributed by atoms with E-state index >= 15 is 0 Å². The largest absolute Gasteiger partial charge is 0.544 e. The Hall–Kier alpha value is -2.97. The van der Waals surface area contributed by atoms with Crippen molar-refractivity contribution in [2.75, 3.05) is 41.0 Å². The lowest BCUT2D eigenvalue weighted by Crippen LogP contribution is -2.55. The summed E-state index contributed by atoms with van der Waals surface area (Å²) in [4.78, 5) is 37.1. The molecule has 0 fully saturated rings. The molecule has 0 aliphatic rings. The van der Waals surface area contributed by atoms with E-state index in [1.807, 2.05) is 0 Å². The number of hydrogen-bond donors (Lipinski definition) is 0. The van der Waals surface area contributed by atoms with Crippen molar-refractivity contribution in [2.24, 2.45) is 0 Å². The summed E-state index contributed by atoms with van der Waals surface area (Å²) in [5.74, 6) is -1.74. The fourth-order valence-electron chi connectivity index (χ4n) is 8.29. The molecule has 0 bridgehead atoms. The second kappa shape index (κ2) is 50.4. The fourth-order valence-corrected chi connectivity index (χ4v) is 8.29. The van der Waals surface area contributed by atoms with Crippen molar-refractivity contribution < 1.29 is 38.2 Å². The minimum Gasteiger partial charge on any atom is -0.544 e. The van der Waals surface area contributed by atoms with Gasteiger partial charge in [0.15, 0.2) is 6.10 Å². The first-order valence-electron chi connectivity index (χ1n) is 28.3. The van der Waals surface area contributed by atoms with E-state index in [1.54, 1.807) is 21.1 Å². The Morgan fingerprint density at radius 1 is 0.456 bits per heavy atom. The molecule has 394 valence electrons. The third kappa shape index (κ3) is 48.1. The number of carboxylic acid groups (broad SMARTS) is 1. The minimum atomic E-state index is -1.13. The van der Waals surface area contributed by atoms with E-state index in [2.05, 4.69) is 74.6 Å². The number of allylic oxidation sites excluding steroid dienone is 10. The summed E-state index contributed by atoms with van der Waals surface area (Å²) in [6, 6.07) is -0.730. The molecule has 0 aromatic rings. The molecule has 0 amide bonds. The fraction of sp³-hybridized carbons (Fsp3) is 0.783. The monoisotopic (exact) mass is 954 g/mol. The van der Waals surface area contributed by atoms with Gasteiger partial charge in [-0.3, -0.25) is 9.59 Å². The van der Waals surface area contributed by atoms with Crippen LogP contribution in [0.5, 0.6) is 0 Å². The van der Waals surface area contributed by atoms with E-state index < -0.39 is 18.1 Å². The standard InChI is InChI=1S/C60H107NO7/c1-6-8-10-12-14-16-18-20-22-24-26-28-29-31-33-35-37-39-41-43-45-47-49-51-59(63)68-56(54-66-53-52-57(60(64)65)61(3,4)5)55-67-58(62)50-48-46-44-42-40-38-36-34-32-30-27-25-23-21-19-17-15-13-11-9-7-2/h9,11,15,17,21,23,26,28,31,33,56-57H,6-8,10,12-14,16,18-20,22,24-25,27,29-30,32,34-55H2,1-5H3/b11-9+,17-15+,23-21+,28-26+,33-31+. The highest BCUT2D eigenvalue weighted by Crippen LogP contribution is 2.16. The zero-order chi connectivity index (χ0) is 49.9. The molecule has 0 spiro atoms. The van der Waals surface area contributed by atoms with Gasteiger partial charge >= 0.3 is 11.9 Å². The molecule has 0 saturated carbocycles. The number of carboxylic acids is 1. The maximum atomic E-state index is 12.8. The lowest BCUT2D eigenvalue weighted by atomic mass is 10.0. The molecule has 0 heterocycles. The van der Waals surface area contributed by atoms with Crippen LogP contribution in [0.3, 0.4) is 0 Å². The summed E-state index contributed by atoms with van der Waals surface area (Å²) in [7, 11) is 5.42. The third-order valence-corrected chi connectivity index (χ3v) is 12.6. The first kappa shape index (κ1) is 65.0. The number of hydrogen-bond acceptors (Lipinski definition) is 7. The molecule has 8 nitrogen and oxygen atoms in total. The number of nitrogens with zero attached hydrogens (tertiary/aromatic N) is 1. The van der Waals surface area contributed by atoms with E-state index in [0.717, 1.165) is 70.6 Å². The zero-order valence-electron chi connectivity index (χ0n) is 45.0. The Morgan fingerprint density at radius 2 is 0.824 bits per heavy atom. The number of carbonyl (C=O) groups excluding carboxylic acids is 3. The van der Waals surface area contributed by atoms with Gasteiger partial charge in [0.1, 0.15) is 12.6 Å². The maximum absolute atomic E-state index is 12.8. The van der Waals surface area contributed by atoms with Crippen LogP contribution in [0.25, 0.3) is 0 Å². The average Bonchev–Trinajstić information content (AvgIpc) is 3.30. The highest BCUT2D eigenvalue weighted by molar-refractivity contribution is 5.70. The van der Waals surface area contributed by atoms with Crippen LogP contribution in [0.15, 0.2) is 60.8 Å². The Morgan fingerprint density at radius 3 is 1.22 bits per heavy atom. The van der Waals surface area contributed by atoms with Crippen LogP contribution in [0.2, 0.25) is 0 Å². The zero-order valence-corrected chi connectivity index (χ0v) is 45.0. The molecule has 2 atom stereocenters. The maximum Gasteiger partial charge on any atom is 0.306 e. The van der Waals surface area contributed by atoms with Crippen LogP contribution in [0.1, 0.15) is 251 Å². The molecule has 0 saturated heterocycles. The van der Waals surface area contributed by atoms with Crippen molar-refractivity contribution in [1.29, 1.82) is 0 Å². The molecular weight excluding hydrogens is 847 g/mol. The summed E-state index contributed by atoms with van der Waals surface area (Å²) in [6.45, 7) is 4.57. The van der Waals surface area contributed by atoms with E-state index in [9.17, 15) is 19.5 Å². The molecule has 0 aliphatic carbocycles. The normalized spacial score (nSPS) is 13.2. The summed E-state index contributed by atoms with van der Waals surface area (Å²) < 4.78 is 17.3. The number of quaternary nitrogens is 1. The lowest BCUT2D eigenvalue weighted by Gasteiger charge is -2.34. The van der Waals surface area contributed by atoms with Gasteiger partial charge in [-0.25, -0.2) is 0 Å². The molecule has 0 aromatic carbocycles. The first-order chi connectivity index (χ1) is 33.1. The van der Waals surface area contributed by atoms with Crippen LogP contribution in [0.4, 0.5) is 0 Å². The number of unbranched alkanes of at least 4 members (excludes halogenated alkanes) is 27. The molecule has 0 rings (SSSR count). The number of carbonyl (C=O) groups is 3. The Kier molecular flexibility index (Phi) is 48.2. The second-order valence-corrected chi connectivity index (χ2v) is 20.1. The van der Waals surface area contributed by atoms with Gasteiger partial charge in [0.05, 0.1) is 40.3 Å². The number of ether oxygens (including phenoxy) is 3. The van der Waals surface area contributed by atoms with Gasteiger partial charge in [0, 0.05) is 19.3 Å². The average molecular weight is 955 g/mol. The first-order valence-corrected chi connectivity index (χ1v) is 28.3. The second-order valence-electron chi connectivity index (χ2n) is 20.1. The van der Waals surface area contributed by atoms with Gasteiger partial charge in [0.2, 0.25) is 0 Å². The van der Waals surface area contributed by atoms with Crippen molar-refractivity contribution >= 4 is 17.9 Å². The molecule has 0 N–H and O–H groups in total. The number of aliphatic carboxylic acids is 1. The van der Waals surface area contributed by atoms with Crippen LogP contribution >= 0.6 is 0 Å². The van der Waals surface area contributed by atoms with Crippen molar-refractivity contribution in [3.63, 3.8) is 0 Å². The molecule has 2 unspecified atom stereocenters. The quantitative estimate of drug-likeness (QED) is 0.0259. The summed E-state index contributed by atoms with van der Waals surface area (Å²) in [5, 5.41) is 11.7. The molecule has 0 radical (unpaired) electrons. The highest BCUT2D eigenvalue weighted by Gasteiger charge is 2.25. The Labute approximate surface area is 419 Å². The predicted octanol–water partition coefficient (Wildman–Crippen LogP) is 15.5. The van der Waals surface area contributed by atoms with Gasteiger partial charge in [-0.15, -0.1) is 0 Å². The number of rotatable bonds is 51. The van der Waals surface area contributed by atoms with Gasteiger partial charge in [-0.2, -0.15) is 0 Å². The van der Waals surface area contributed by atoms with E-state index in [4.69, 9.17) is 14.2 Å². The van der Waals surface area contributed by atoms with Gasteiger partial charge in [-0.1, -0.05) is 216 Å². The minimum absolute atomic E-state index is 0.0361. The third-order valence-electron chi connectivity index (χ3n) is 12.6. The van der Waals surface area contributed by atoms with E-state index in [0.29, 0.717) is 12.8 Å². The van der Waals surface area contributed by atoms with Gasteiger partial charge in [0.25, 0.3) is 0 Å². The van der Waals surface area contributed by atoms with Crippen molar-refractivity contribution in [1.82, 2.24) is 0 Å². The highest BCUT2D eigenvalue weighted by atomic mass is 16.6. The van der Waals surface area contributed by atoms with Crippen molar-refractivity contribution in [3.8, 4) is 0 Å². The lowest BCUT2D eigenvalue weighted by molar-refractivity contribution is -0.889. The summed E-state index contributed by atoms with van der Waals surface area (Å²) in [6.07, 6.45) is 64.0. The van der Waals surface area contributed by atoms with E-state index in [-0.39, 0.29) is 42.7 Å². The van der Waals surface area contributed by atoms with Crippen LogP contribution in [-0.2, 0) is 28.6 Å². The molecule has 8 heteroatoms. The van der Waals surface area contributed by atoms with E-state index in [1.165, 1.54) is 148 Å². The summed E-state index contributed by atoms with van der Waals surface area (Å²) in [5.41, 5.74) is 0. The summed E-state index contributed by atoms with van der Waals surface area (Å²) >= 11 is 0. The van der Waals surface area contributed by atoms with Crippen molar-refractivity contribution in [2.45, 2.75) is 264 Å². The molecule has 0 aliphatic heterocycles. The Balaban J connectivity index is 4.20. The van der Waals surface area contributed by atoms with Crippen LogP contribution < -0.4 is 5.11 Å². The van der Waals surface area contributed by atoms with Crippen molar-refractivity contribution in [3.05, 3.63) is 60.8 Å². The predicted molar refractivity (Wildman–Crippen MR) is 286 cm³/mol. The van der Waals surface area contributed by atoms with Gasteiger partial charge in [-0.05, 0) is 77.0 Å². The molecule has 0 aromatic heterocycles. The van der Waals surface area contributed by atoms with Crippen LogP contribution in [0, 0.1) is 0 Å². The smallest absolute Gasteiger partial charge is 0.306 e.